The lowest BCUT2D eigenvalue weighted by Gasteiger charge is -2.05. The number of carbonyl (C=O) groups excluding carboxylic acids is 2. The average molecular weight is 276 g/mol. The monoisotopic (exact) mass is 276 g/mol. The fraction of sp³-hybridized carbons (Fsp3) is 0.158. The third-order valence-corrected chi connectivity index (χ3v) is 3.82. The van der Waals surface area contributed by atoms with Crippen LogP contribution in [0.2, 0.25) is 0 Å². The summed E-state index contributed by atoms with van der Waals surface area (Å²) in [6, 6.07) is 14.9. The van der Waals surface area contributed by atoms with Gasteiger partial charge in [0.1, 0.15) is 0 Å². The number of fused-ring (bicyclic) bond motifs is 1. The van der Waals surface area contributed by atoms with Crippen molar-refractivity contribution < 1.29 is 9.59 Å². The second kappa shape index (κ2) is 5.13. The fourth-order valence-electron chi connectivity index (χ4n) is 2.55. The Hall–Kier alpha value is -2.48. The Morgan fingerprint density at radius 3 is 1.81 bits per heavy atom. The van der Waals surface area contributed by atoms with Gasteiger partial charge >= 0.3 is 0 Å². The molecule has 2 heteroatoms. The van der Waals surface area contributed by atoms with Crippen LogP contribution in [0.5, 0.6) is 0 Å². The molecule has 3 rings (SSSR count). The van der Waals surface area contributed by atoms with Crippen LogP contribution in [-0.4, -0.2) is 11.6 Å². The van der Waals surface area contributed by atoms with Crippen molar-refractivity contribution in [2.45, 2.75) is 19.8 Å². The van der Waals surface area contributed by atoms with Crippen molar-refractivity contribution in [1.29, 1.82) is 0 Å². The van der Waals surface area contributed by atoms with Gasteiger partial charge in [0.25, 0.3) is 0 Å². The molecule has 0 unspecified atom stereocenters. The van der Waals surface area contributed by atoms with Crippen LogP contribution in [0, 0.1) is 0 Å². The first-order valence-corrected chi connectivity index (χ1v) is 7.08. The maximum atomic E-state index is 12.3. The molecule has 0 aliphatic heterocycles. The Morgan fingerprint density at radius 2 is 1.33 bits per heavy atom. The Morgan fingerprint density at radius 1 is 0.810 bits per heavy atom. The molecule has 0 fully saturated rings. The smallest absolute Gasteiger partial charge is 0.197 e. The number of allylic oxidation sites excluding steroid dienone is 1. The molecule has 0 atom stereocenters. The molecular weight excluding hydrogens is 260 g/mol. The molecule has 0 saturated heterocycles. The van der Waals surface area contributed by atoms with Gasteiger partial charge in [0.2, 0.25) is 0 Å². The van der Waals surface area contributed by atoms with E-state index in [-0.39, 0.29) is 17.1 Å². The topological polar surface area (TPSA) is 34.1 Å². The van der Waals surface area contributed by atoms with Crippen LogP contribution >= 0.6 is 0 Å². The minimum Gasteiger partial charge on any atom is -0.288 e. The minimum atomic E-state index is -0.177. The van der Waals surface area contributed by atoms with Gasteiger partial charge in [-0.05, 0) is 23.1 Å². The Labute approximate surface area is 124 Å². The molecule has 0 heterocycles. The molecule has 0 aromatic heterocycles. The summed E-state index contributed by atoms with van der Waals surface area (Å²) in [6.07, 6.45) is 1.69. The van der Waals surface area contributed by atoms with Crippen molar-refractivity contribution in [2.24, 2.45) is 0 Å². The van der Waals surface area contributed by atoms with Crippen LogP contribution < -0.4 is 0 Å². The normalized spacial score (nSPS) is 13.8. The lowest BCUT2D eigenvalue weighted by Crippen LogP contribution is -2.00. The Bertz CT molecular complexity index is 712. The number of ketones is 2. The Balaban J connectivity index is 1.98. The number of hydrogen-bond acceptors (Lipinski definition) is 2. The van der Waals surface area contributed by atoms with Crippen molar-refractivity contribution in [3.05, 3.63) is 76.4 Å². The number of hydrogen-bond donors (Lipinski definition) is 0. The molecule has 1 aliphatic rings. The summed E-state index contributed by atoms with van der Waals surface area (Å²) in [5, 5.41) is 0. The second-order valence-corrected chi connectivity index (χ2v) is 5.58. The first-order valence-electron chi connectivity index (χ1n) is 7.08. The quantitative estimate of drug-likeness (QED) is 0.606. The van der Waals surface area contributed by atoms with E-state index in [2.05, 4.69) is 13.8 Å². The maximum absolute atomic E-state index is 12.3. The van der Waals surface area contributed by atoms with Gasteiger partial charge in [-0.25, -0.2) is 0 Å². The van der Waals surface area contributed by atoms with Crippen LogP contribution in [-0.2, 0) is 0 Å². The molecular formula is C19H16O2. The highest BCUT2D eigenvalue weighted by Crippen LogP contribution is 2.27. The van der Waals surface area contributed by atoms with E-state index in [1.165, 1.54) is 5.56 Å². The van der Waals surface area contributed by atoms with E-state index in [1.54, 1.807) is 30.3 Å². The molecule has 2 aromatic carbocycles. The molecule has 2 aromatic rings. The highest BCUT2D eigenvalue weighted by atomic mass is 16.2. The largest absolute Gasteiger partial charge is 0.288 e. The van der Waals surface area contributed by atoms with E-state index in [1.807, 2.05) is 24.3 Å². The van der Waals surface area contributed by atoms with E-state index in [9.17, 15) is 9.59 Å². The van der Waals surface area contributed by atoms with Gasteiger partial charge in [0.15, 0.2) is 11.6 Å². The van der Waals surface area contributed by atoms with Crippen molar-refractivity contribution in [3.63, 3.8) is 0 Å². The minimum absolute atomic E-state index is 0.177. The summed E-state index contributed by atoms with van der Waals surface area (Å²) in [6.45, 7) is 4.27. The molecule has 104 valence electrons. The van der Waals surface area contributed by atoms with Crippen LogP contribution in [0.15, 0.2) is 54.1 Å². The van der Waals surface area contributed by atoms with Gasteiger partial charge < -0.3 is 0 Å². The van der Waals surface area contributed by atoms with Gasteiger partial charge in [0, 0.05) is 11.1 Å². The van der Waals surface area contributed by atoms with Gasteiger partial charge in [-0.1, -0.05) is 62.4 Å². The summed E-state index contributed by atoms with van der Waals surface area (Å²) in [4.78, 5) is 24.6. The molecule has 2 nitrogen and oxygen atoms in total. The summed E-state index contributed by atoms with van der Waals surface area (Å²) in [7, 11) is 0. The number of Topliss-reactive ketones (excluding diaryl/α,β-unsaturated/α-hetero) is 2. The van der Waals surface area contributed by atoms with Crippen LogP contribution in [0.1, 0.15) is 51.6 Å². The molecule has 0 spiro atoms. The van der Waals surface area contributed by atoms with E-state index in [0.717, 1.165) is 5.56 Å². The predicted molar refractivity (Wildman–Crippen MR) is 83.6 cm³/mol. The SMILES string of the molecule is CC(C)c1ccc(C=C2C(=O)c3ccccc3C2=O)cc1. The van der Waals surface area contributed by atoms with Crippen molar-refractivity contribution in [2.75, 3.05) is 0 Å². The molecule has 0 bridgehead atoms. The standard InChI is InChI=1S/C19H16O2/c1-12(2)14-9-7-13(8-10-14)11-17-18(20)15-5-3-4-6-16(15)19(17)21/h3-12H,1-2H3. The van der Waals surface area contributed by atoms with Crippen LogP contribution in [0.3, 0.4) is 0 Å². The zero-order valence-corrected chi connectivity index (χ0v) is 12.1. The summed E-state index contributed by atoms with van der Waals surface area (Å²) < 4.78 is 0. The van der Waals surface area contributed by atoms with Crippen LogP contribution in [0.25, 0.3) is 6.08 Å². The highest BCUT2D eigenvalue weighted by Gasteiger charge is 2.32. The number of benzene rings is 2. The van der Waals surface area contributed by atoms with Gasteiger partial charge in [-0.2, -0.15) is 0 Å². The second-order valence-electron chi connectivity index (χ2n) is 5.58. The number of carbonyl (C=O) groups is 2. The number of rotatable bonds is 2. The molecule has 0 N–H and O–H groups in total. The lowest BCUT2D eigenvalue weighted by molar-refractivity contribution is 0.0990. The zero-order valence-electron chi connectivity index (χ0n) is 12.1. The van der Waals surface area contributed by atoms with E-state index in [0.29, 0.717) is 17.0 Å². The molecule has 0 saturated carbocycles. The van der Waals surface area contributed by atoms with E-state index in [4.69, 9.17) is 0 Å². The van der Waals surface area contributed by atoms with Gasteiger partial charge in [0.05, 0.1) is 5.57 Å². The average Bonchev–Trinajstić information content (AvgIpc) is 2.73. The predicted octanol–water partition coefficient (Wildman–Crippen LogP) is 4.27. The third kappa shape index (κ3) is 2.33. The summed E-state index contributed by atoms with van der Waals surface area (Å²) in [5.74, 6) is 0.109. The molecule has 21 heavy (non-hydrogen) atoms. The highest BCUT2D eigenvalue weighted by molar-refractivity contribution is 6.41. The summed E-state index contributed by atoms with van der Waals surface area (Å²) >= 11 is 0. The third-order valence-electron chi connectivity index (χ3n) is 3.82. The Kier molecular flexibility index (Phi) is 3.30. The molecule has 0 amide bonds. The van der Waals surface area contributed by atoms with E-state index < -0.39 is 0 Å². The first-order chi connectivity index (χ1) is 10.1. The van der Waals surface area contributed by atoms with Crippen molar-refractivity contribution >= 4 is 17.6 Å². The van der Waals surface area contributed by atoms with Gasteiger partial charge in [-0.3, -0.25) is 9.59 Å². The van der Waals surface area contributed by atoms with Crippen molar-refractivity contribution in [3.8, 4) is 0 Å². The zero-order chi connectivity index (χ0) is 15.0. The molecule has 1 aliphatic carbocycles. The fourth-order valence-corrected chi connectivity index (χ4v) is 2.55. The maximum Gasteiger partial charge on any atom is 0.197 e. The van der Waals surface area contributed by atoms with Crippen LogP contribution in [0.4, 0.5) is 0 Å². The van der Waals surface area contributed by atoms with Crippen molar-refractivity contribution in [1.82, 2.24) is 0 Å². The van der Waals surface area contributed by atoms with E-state index >= 15 is 0 Å². The summed E-state index contributed by atoms with van der Waals surface area (Å²) in [5.41, 5.74) is 3.39. The van der Waals surface area contributed by atoms with Gasteiger partial charge in [-0.15, -0.1) is 0 Å². The molecule has 0 radical (unpaired) electrons. The lowest BCUT2D eigenvalue weighted by atomic mass is 10.0. The first kappa shape index (κ1) is 13.5.